The molecule has 0 N–H and O–H groups in total. The zero-order valence-corrected chi connectivity index (χ0v) is 13.3. The maximum absolute atomic E-state index is 9.41. The first kappa shape index (κ1) is 14.6. The second-order valence-corrected chi connectivity index (χ2v) is 5.19. The summed E-state index contributed by atoms with van der Waals surface area (Å²) in [6, 6.07) is 16.6. The molecule has 0 unspecified atom stereocenters. The molecule has 2 rings (SSSR count). The fourth-order valence-electron chi connectivity index (χ4n) is 2.33. The van der Waals surface area contributed by atoms with E-state index in [4.69, 9.17) is 0 Å². The molecule has 0 heterocycles. The van der Waals surface area contributed by atoms with Gasteiger partial charge in [0, 0.05) is 17.6 Å². The van der Waals surface area contributed by atoms with E-state index in [-0.39, 0.29) is 0 Å². The third-order valence-corrected chi connectivity index (χ3v) is 4.00. The van der Waals surface area contributed by atoms with Crippen LogP contribution in [-0.2, 0) is 5.33 Å². The Balaban J connectivity index is 2.53. The Morgan fingerprint density at radius 1 is 1.15 bits per heavy atom. The van der Waals surface area contributed by atoms with E-state index in [0.29, 0.717) is 5.56 Å². The number of halogens is 1. The summed E-state index contributed by atoms with van der Waals surface area (Å²) in [5.41, 5.74) is 5.16. The summed E-state index contributed by atoms with van der Waals surface area (Å²) in [5, 5.41) is 10.2. The highest BCUT2D eigenvalue weighted by Gasteiger charge is 2.13. The molecule has 0 aliphatic heterocycles. The van der Waals surface area contributed by atoms with Crippen LogP contribution in [0, 0.1) is 18.3 Å². The molecule has 0 radical (unpaired) electrons. The molecule has 20 heavy (non-hydrogen) atoms. The van der Waals surface area contributed by atoms with Crippen LogP contribution >= 0.6 is 15.9 Å². The van der Waals surface area contributed by atoms with Crippen LogP contribution in [0.1, 0.15) is 23.6 Å². The maximum atomic E-state index is 9.41. The average Bonchev–Trinajstić information content (AvgIpc) is 2.50. The Morgan fingerprint density at radius 3 is 2.50 bits per heavy atom. The minimum atomic E-state index is 0.715. The van der Waals surface area contributed by atoms with Crippen LogP contribution in [0.4, 0.5) is 11.4 Å². The van der Waals surface area contributed by atoms with Crippen molar-refractivity contribution in [3.8, 4) is 6.07 Å². The summed E-state index contributed by atoms with van der Waals surface area (Å²) in [4.78, 5) is 2.19. The molecule has 2 nitrogen and oxygen atoms in total. The molecule has 0 fully saturated rings. The molecule has 2 aromatic rings. The highest BCUT2D eigenvalue weighted by Crippen LogP contribution is 2.31. The third kappa shape index (κ3) is 2.86. The van der Waals surface area contributed by atoms with Crippen LogP contribution in [0.2, 0.25) is 0 Å². The van der Waals surface area contributed by atoms with Gasteiger partial charge in [-0.05, 0) is 43.2 Å². The minimum absolute atomic E-state index is 0.715. The van der Waals surface area contributed by atoms with Crippen LogP contribution in [0.15, 0.2) is 42.5 Å². The first-order valence-corrected chi connectivity index (χ1v) is 7.75. The van der Waals surface area contributed by atoms with Gasteiger partial charge in [-0.3, -0.25) is 0 Å². The van der Waals surface area contributed by atoms with Crippen molar-refractivity contribution in [1.82, 2.24) is 0 Å². The maximum Gasteiger partial charge on any atom is 0.101 e. The number of benzene rings is 2. The SMILES string of the molecule is CCN(c1ccccc1C)c1ccc(CBr)cc1C#N. The zero-order valence-electron chi connectivity index (χ0n) is 11.7. The number of hydrogen-bond acceptors (Lipinski definition) is 2. The topological polar surface area (TPSA) is 27.0 Å². The van der Waals surface area contributed by atoms with Gasteiger partial charge < -0.3 is 4.90 Å². The fourth-order valence-corrected chi connectivity index (χ4v) is 2.68. The Morgan fingerprint density at radius 2 is 1.90 bits per heavy atom. The van der Waals surface area contributed by atoms with E-state index in [1.165, 1.54) is 5.56 Å². The summed E-state index contributed by atoms with van der Waals surface area (Å²) in [6.45, 7) is 5.02. The van der Waals surface area contributed by atoms with Gasteiger partial charge in [0.1, 0.15) is 6.07 Å². The lowest BCUT2D eigenvalue weighted by Crippen LogP contribution is -2.18. The zero-order chi connectivity index (χ0) is 14.5. The lowest BCUT2D eigenvalue weighted by atomic mass is 10.1. The molecule has 0 spiro atoms. The average molecular weight is 329 g/mol. The predicted molar refractivity (Wildman–Crippen MR) is 87.6 cm³/mol. The summed E-state index contributed by atoms with van der Waals surface area (Å²) >= 11 is 3.43. The van der Waals surface area contributed by atoms with Crippen molar-refractivity contribution >= 4 is 27.3 Å². The lowest BCUT2D eigenvalue weighted by Gasteiger charge is -2.26. The minimum Gasteiger partial charge on any atom is -0.340 e. The van der Waals surface area contributed by atoms with E-state index in [0.717, 1.165) is 28.8 Å². The van der Waals surface area contributed by atoms with Gasteiger partial charge >= 0.3 is 0 Å². The van der Waals surface area contributed by atoms with Crippen molar-refractivity contribution in [3.63, 3.8) is 0 Å². The van der Waals surface area contributed by atoms with E-state index in [1.807, 2.05) is 24.3 Å². The van der Waals surface area contributed by atoms with Gasteiger partial charge in [0.15, 0.2) is 0 Å². The van der Waals surface area contributed by atoms with E-state index in [9.17, 15) is 5.26 Å². The molecule has 0 saturated carbocycles. The first-order chi connectivity index (χ1) is 9.71. The molecular formula is C17H17BrN2. The second-order valence-electron chi connectivity index (χ2n) is 4.63. The fraction of sp³-hybridized carbons (Fsp3) is 0.235. The van der Waals surface area contributed by atoms with Gasteiger partial charge in [0.25, 0.3) is 0 Å². The number of anilines is 2. The summed E-state index contributed by atoms with van der Waals surface area (Å²) in [7, 11) is 0. The summed E-state index contributed by atoms with van der Waals surface area (Å²) in [5.74, 6) is 0. The Hall–Kier alpha value is -1.79. The number of hydrogen-bond donors (Lipinski definition) is 0. The predicted octanol–water partition coefficient (Wildman–Crippen LogP) is 4.92. The van der Waals surface area contributed by atoms with Gasteiger partial charge in [-0.1, -0.05) is 40.2 Å². The lowest BCUT2D eigenvalue weighted by molar-refractivity contribution is 1.01. The van der Waals surface area contributed by atoms with Gasteiger partial charge in [-0.2, -0.15) is 5.26 Å². The molecule has 3 heteroatoms. The van der Waals surface area contributed by atoms with E-state index < -0.39 is 0 Å². The largest absolute Gasteiger partial charge is 0.340 e. The first-order valence-electron chi connectivity index (χ1n) is 6.63. The standard InChI is InChI=1S/C17H17BrN2/c1-3-20(16-7-5-4-6-13(16)2)17-9-8-14(11-18)10-15(17)12-19/h4-10H,3,11H2,1-2H3. The molecule has 2 aromatic carbocycles. The van der Waals surface area contributed by atoms with Gasteiger partial charge in [0.2, 0.25) is 0 Å². The van der Waals surface area contributed by atoms with Gasteiger partial charge in [0.05, 0.1) is 11.3 Å². The van der Waals surface area contributed by atoms with Crippen molar-refractivity contribution in [2.75, 3.05) is 11.4 Å². The smallest absolute Gasteiger partial charge is 0.101 e. The van der Waals surface area contributed by atoms with Crippen LogP contribution in [0.25, 0.3) is 0 Å². The summed E-state index contributed by atoms with van der Waals surface area (Å²) < 4.78 is 0. The Bertz CT molecular complexity index is 644. The molecule has 0 aromatic heterocycles. The Labute approximate surface area is 128 Å². The number of nitriles is 1. The molecule has 0 amide bonds. The van der Waals surface area contributed by atoms with Gasteiger partial charge in [-0.25, -0.2) is 0 Å². The van der Waals surface area contributed by atoms with Crippen molar-refractivity contribution in [3.05, 3.63) is 59.2 Å². The van der Waals surface area contributed by atoms with Crippen molar-refractivity contribution in [1.29, 1.82) is 5.26 Å². The molecule has 0 atom stereocenters. The molecule has 0 aliphatic rings. The number of nitrogens with zero attached hydrogens (tertiary/aromatic N) is 2. The van der Waals surface area contributed by atoms with Gasteiger partial charge in [-0.15, -0.1) is 0 Å². The van der Waals surface area contributed by atoms with Crippen LogP contribution in [0.5, 0.6) is 0 Å². The number of aryl methyl sites for hydroxylation is 1. The number of alkyl halides is 1. The number of rotatable bonds is 4. The van der Waals surface area contributed by atoms with E-state index in [2.05, 4.69) is 58.9 Å². The summed E-state index contributed by atoms with van der Waals surface area (Å²) in [6.07, 6.45) is 0. The highest BCUT2D eigenvalue weighted by atomic mass is 79.9. The van der Waals surface area contributed by atoms with Crippen LogP contribution in [-0.4, -0.2) is 6.54 Å². The monoisotopic (exact) mass is 328 g/mol. The van der Waals surface area contributed by atoms with Crippen molar-refractivity contribution in [2.24, 2.45) is 0 Å². The number of para-hydroxylation sites is 1. The van der Waals surface area contributed by atoms with Crippen LogP contribution < -0.4 is 4.90 Å². The quantitative estimate of drug-likeness (QED) is 0.745. The molecule has 0 saturated heterocycles. The molecule has 102 valence electrons. The second kappa shape index (κ2) is 6.58. The molecule has 0 bridgehead atoms. The van der Waals surface area contributed by atoms with E-state index in [1.54, 1.807) is 0 Å². The normalized spacial score (nSPS) is 10.1. The third-order valence-electron chi connectivity index (χ3n) is 3.35. The van der Waals surface area contributed by atoms with Crippen molar-refractivity contribution < 1.29 is 0 Å². The van der Waals surface area contributed by atoms with Crippen LogP contribution in [0.3, 0.4) is 0 Å². The highest BCUT2D eigenvalue weighted by molar-refractivity contribution is 9.08. The van der Waals surface area contributed by atoms with E-state index >= 15 is 0 Å². The molecule has 0 aliphatic carbocycles. The molecular weight excluding hydrogens is 312 g/mol. The Kier molecular flexibility index (Phi) is 4.81. The van der Waals surface area contributed by atoms with Crippen molar-refractivity contribution in [2.45, 2.75) is 19.2 Å².